The minimum absolute atomic E-state index is 0.546. The summed E-state index contributed by atoms with van der Waals surface area (Å²) < 4.78 is 5.15. The van der Waals surface area contributed by atoms with Crippen LogP contribution in [0.1, 0.15) is 19.8 Å². The van der Waals surface area contributed by atoms with Gasteiger partial charge in [-0.15, -0.1) is 33.2 Å². The van der Waals surface area contributed by atoms with Gasteiger partial charge in [0.25, 0.3) is 0 Å². The molecule has 0 amide bonds. The van der Waals surface area contributed by atoms with Crippen LogP contribution in [-0.4, -0.2) is 18.7 Å². The number of hydrogen-bond donors (Lipinski definition) is 0. The van der Waals surface area contributed by atoms with E-state index in [1.807, 2.05) is 0 Å². The number of halogens is 3. The average molecular weight is 236 g/mol. The predicted octanol–water partition coefficient (Wildman–Crippen LogP) is 3.46. The zero-order valence-electron chi connectivity index (χ0n) is 6.74. The van der Waals surface area contributed by atoms with Crippen LogP contribution < -0.4 is 0 Å². The number of ether oxygens (including phenoxy) is 1. The van der Waals surface area contributed by atoms with Gasteiger partial charge in [0.1, 0.15) is 0 Å². The Morgan fingerprint density at radius 2 is 1.82 bits per heavy atom. The zero-order chi connectivity index (χ0) is 8.91. The summed E-state index contributed by atoms with van der Waals surface area (Å²) in [7, 11) is 0. The molecule has 1 unspecified atom stereocenters. The minimum Gasteiger partial charge on any atom is -0.379 e. The monoisotopic (exact) mass is 234 g/mol. The first-order chi connectivity index (χ1) is 4.89. The molecular weight excluding hydrogens is 223 g/mol. The van der Waals surface area contributed by atoms with E-state index in [1.165, 1.54) is 12.8 Å². The molecule has 0 saturated carbocycles. The summed E-state index contributed by atoms with van der Waals surface area (Å²) in [6.45, 7) is 4.73. The second-order valence-electron chi connectivity index (χ2n) is 2.60. The Labute approximate surface area is 83.1 Å². The molecule has 1 saturated heterocycles. The van der Waals surface area contributed by atoms with E-state index in [9.17, 15) is 0 Å². The molecule has 1 aliphatic rings. The third-order valence-corrected chi connectivity index (χ3v) is 1.16. The Morgan fingerprint density at radius 1 is 1.36 bits per heavy atom. The van der Waals surface area contributed by atoms with E-state index in [1.54, 1.807) is 6.55 Å². The van der Waals surface area contributed by atoms with E-state index < -0.39 is 6.00 Å². The van der Waals surface area contributed by atoms with Crippen molar-refractivity contribution in [2.75, 3.05) is 6.61 Å². The topological polar surface area (TPSA) is 9.23 Å². The maximum Gasteiger partial charge on any atom is 0.338 e. The molecule has 0 bridgehead atoms. The molecule has 0 aromatic heterocycles. The van der Waals surface area contributed by atoms with Gasteiger partial charge in [0.2, 0.25) is 0 Å². The van der Waals surface area contributed by atoms with Crippen LogP contribution in [0.5, 0.6) is 0 Å². The first-order valence-corrected chi connectivity index (χ1v) is 9.11. The Bertz CT molecular complexity index is 92.5. The lowest BCUT2D eigenvalue weighted by Gasteiger charge is -1.94. The van der Waals surface area contributed by atoms with Gasteiger partial charge in [-0.3, -0.25) is 0 Å². The Kier molecular flexibility index (Phi) is 6.19. The summed E-state index contributed by atoms with van der Waals surface area (Å²) >= 11 is 15.6. The first-order valence-electron chi connectivity index (χ1n) is 3.58. The minimum atomic E-state index is -2.19. The van der Waals surface area contributed by atoms with Crippen LogP contribution in [-0.2, 0) is 4.74 Å². The number of hydrogen-bond acceptors (Lipinski definition) is 1. The molecule has 0 spiro atoms. The highest BCUT2D eigenvalue weighted by Gasteiger charge is 2.13. The lowest BCUT2D eigenvalue weighted by atomic mass is 10.3. The van der Waals surface area contributed by atoms with Gasteiger partial charge in [-0.05, 0) is 26.3 Å². The molecule has 0 N–H and O–H groups in total. The summed E-state index contributed by atoms with van der Waals surface area (Å²) in [5.74, 6) is 0. The highest BCUT2D eigenvalue weighted by Crippen LogP contribution is 2.17. The maximum absolute atomic E-state index is 5.20. The molecule has 11 heavy (non-hydrogen) atoms. The van der Waals surface area contributed by atoms with Gasteiger partial charge in [0.05, 0.1) is 6.10 Å². The molecule has 1 aliphatic heterocycles. The SMILES string of the molecule is CC1CCCO1.C[Si](Cl)(Cl)Cl. The standard InChI is InChI=1S/C5H10O.CH3Cl3Si/c1-5-3-2-4-6-5;1-5(2,3)4/h5H,2-4H2,1H3;1H3. The highest BCUT2D eigenvalue weighted by molar-refractivity contribution is 7.64. The fourth-order valence-electron chi connectivity index (χ4n) is 0.739. The largest absolute Gasteiger partial charge is 0.379 e. The van der Waals surface area contributed by atoms with Crippen LogP contribution in [0, 0.1) is 0 Å². The van der Waals surface area contributed by atoms with Gasteiger partial charge >= 0.3 is 6.00 Å². The first kappa shape index (κ1) is 12.0. The second kappa shape index (κ2) is 5.65. The molecule has 0 radical (unpaired) electrons. The van der Waals surface area contributed by atoms with Crippen LogP contribution >= 0.6 is 33.2 Å². The molecule has 5 heteroatoms. The molecule has 1 fully saturated rings. The van der Waals surface area contributed by atoms with Gasteiger partial charge in [0.15, 0.2) is 0 Å². The number of rotatable bonds is 0. The molecule has 0 aromatic carbocycles. The van der Waals surface area contributed by atoms with Crippen LogP contribution in [0.25, 0.3) is 0 Å². The van der Waals surface area contributed by atoms with Crippen LogP contribution in [0.4, 0.5) is 0 Å². The average Bonchev–Trinajstić information content (AvgIpc) is 2.12. The van der Waals surface area contributed by atoms with Crippen molar-refractivity contribution >= 4 is 39.2 Å². The Balaban J connectivity index is 0.000000187. The van der Waals surface area contributed by atoms with Crippen molar-refractivity contribution in [1.82, 2.24) is 0 Å². The van der Waals surface area contributed by atoms with Gasteiger partial charge in [-0.2, -0.15) is 0 Å². The lowest BCUT2D eigenvalue weighted by molar-refractivity contribution is 0.125. The fraction of sp³-hybridized carbons (Fsp3) is 1.00. The smallest absolute Gasteiger partial charge is 0.338 e. The molecule has 0 aromatic rings. The van der Waals surface area contributed by atoms with Crippen molar-refractivity contribution in [3.05, 3.63) is 0 Å². The summed E-state index contributed by atoms with van der Waals surface area (Å²) in [4.78, 5) is 0. The van der Waals surface area contributed by atoms with Crippen LogP contribution in [0.15, 0.2) is 0 Å². The van der Waals surface area contributed by atoms with Gasteiger partial charge < -0.3 is 4.74 Å². The molecule has 1 nitrogen and oxygen atoms in total. The van der Waals surface area contributed by atoms with Crippen molar-refractivity contribution in [1.29, 1.82) is 0 Å². The second-order valence-corrected chi connectivity index (χ2v) is 12.7. The van der Waals surface area contributed by atoms with Crippen LogP contribution in [0.2, 0.25) is 6.55 Å². The van der Waals surface area contributed by atoms with E-state index in [-0.39, 0.29) is 0 Å². The Morgan fingerprint density at radius 3 is 1.91 bits per heavy atom. The molecule has 68 valence electrons. The third kappa shape index (κ3) is 14.0. The summed E-state index contributed by atoms with van der Waals surface area (Å²) in [6.07, 6.45) is 3.08. The molecule has 1 heterocycles. The van der Waals surface area contributed by atoms with E-state index in [2.05, 4.69) is 6.92 Å². The maximum atomic E-state index is 5.20. The van der Waals surface area contributed by atoms with Crippen molar-refractivity contribution in [2.24, 2.45) is 0 Å². The van der Waals surface area contributed by atoms with Gasteiger partial charge in [-0.1, -0.05) is 0 Å². The predicted molar refractivity (Wildman–Crippen MR) is 53.8 cm³/mol. The lowest BCUT2D eigenvalue weighted by Crippen LogP contribution is -1.97. The normalized spacial score (nSPS) is 24.3. The summed E-state index contributed by atoms with van der Waals surface area (Å²) in [5.41, 5.74) is 0. The fourth-order valence-corrected chi connectivity index (χ4v) is 0.739. The van der Waals surface area contributed by atoms with Crippen LogP contribution in [0.3, 0.4) is 0 Å². The molecule has 0 aliphatic carbocycles. The van der Waals surface area contributed by atoms with Crippen molar-refractivity contribution in [3.8, 4) is 0 Å². The summed E-state index contributed by atoms with van der Waals surface area (Å²) in [6, 6.07) is -2.19. The van der Waals surface area contributed by atoms with Gasteiger partial charge in [-0.25, -0.2) is 0 Å². The van der Waals surface area contributed by atoms with E-state index in [0.717, 1.165) is 6.61 Å². The van der Waals surface area contributed by atoms with Crippen molar-refractivity contribution in [3.63, 3.8) is 0 Å². The third-order valence-electron chi connectivity index (χ3n) is 1.16. The molecule has 1 atom stereocenters. The Hall–Kier alpha value is 1.05. The van der Waals surface area contributed by atoms with E-state index in [4.69, 9.17) is 38.0 Å². The van der Waals surface area contributed by atoms with Gasteiger partial charge in [0, 0.05) is 6.61 Å². The zero-order valence-corrected chi connectivity index (χ0v) is 10.0. The van der Waals surface area contributed by atoms with Crippen molar-refractivity contribution in [2.45, 2.75) is 32.4 Å². The van der Waals surface area contributed by atoms with Crippen molar-refractivity contribution < 1.29 is 4.74 Å². The molecular formula is C6H13Cl3OSi. The highest BCUT2D eigenvalue weighted by atomic mass is 35.8. The quantitative estimate of drug-likeness (QED) is 0.462. The summed E-state index contributed by atoms with van der Waals surface area (Å²) in [5, 5.41) is 0. The van der Waals surface area contributed by atoms with E-state index in [0.29, 0.717) is 6.10 Å². The van der Waals surface area contributed by atoms with E-state index >= 15 is 0 Å². The molecule has 1 rings (SSSR count).